The van der Waals surface area contributed by atoms with Crippen LogP contribution >= 0.6 is 42.4 Å². The Morgan fingerprint density at radius 3 is 2.15 bits per heavy atom. The van der Waals surface area contributed by atoms with E-state index < -0.39 is 23.3 Å². The monoisotopic (exact) mass is 457 g/mol. The molecule has 2 aromatic rings. The second-order valence-electron chi connectivity index (χ2n) is 4.94. The molecule has 0 saturated carbocycles. The highest BCUT2D eigenvalue weighted by atomic mass is 35.6. The first-order chi connectivity index (χ1) is 12.6. The standard InChI is InChI=1S/C12H11NO2.C4H8Cl3O4P/c1-13-12(14)15-11-8-4-6-9-5-2-3-7-10(9)11;1-10-12(9,11-2)3(8)4(5,6)7/h2-8H,1H3,(H,13,14);3,8H,1-2H3. The Morgan fingerprint density at radius 2 is 1.67 bits per heavy atom. The Kier molecular flexibility index (Phi) is 9.31. The maximum Gasteiger partial charge on any atom is 0.412 e. The van der Waals surface area contributed by atoms with Gasteiger partial charge >= 0.3 is 13.7 Å². The zero-order chi connectivity index (χ0) is 20.7. The summed E-state index contributed by atoms with van der Waals surface area (Å²) in [5.41, 5.74) is 0. The third-order valence-electron chi connectivity index (χ3n) is 3.26. The van der Waals surface area contributed by atoms with Crippen molar-refractivity contribution in [2.24, 2.45) is 0 Å². The zero-order valence-electron chi connectivity index (χ0n) is 14.7. The second-order valence-corrected chi connectivity index (χ2v) is 9.61. The average Bonchev–Trinajstić information content (AvgIpc) is 2.66. The molecule has 0 aliphatic rings. The fourth-order valence-electron chi connectivity index (χ4n) is 1.89. The number of hydrogen-bond acceptors (Lipinski definition) is 6. The molecule has 27 heavy (non-hydrogen) atoms. The molecule has 150 valence electrons. The van der Waals surface area contributed by atoms with Gasteiger partial charge in [-0.3, -0.25) is 4.57 Å². The number of halogens is 3. The Bertz CT molecular complexity index is 801. The van der Waals surface area contributed by atoms with Crippen molar-refractivity contribution in [1.82, 2.24) is 5.32 Å². The first-order valence-electron chi connectivity index (χ1n) is 7.42. The third-order valence-corrected chi connectivity index (χ3v) is 6.34. The summed E-state index contributed by atoms with van der Waals surface area (Å²) in [4.78, 5) is 11.1. The number of hydrogen-bond donors (Lipinski definition) is 2. The summed E-state index contributed by atoms with van der Waals surface area (Å²) in [6, 6.07) is 13.4. The molecule has 0 fully saturated rings. The van der Waals surface area contributed by atoms with E-state index >= 15 is 0 Å². The second kappa shape index (κ2) is 10.5. The minimum atomic E-state index is -3.73. The smallest absolute Gasteiger partial charge is 0.410 e. The van der Waals surface area contributed by atoms with Crippen LogP contribution in [0.3, 0.4) is 0 Å². The third kappa shape index (κ3) is 6.80. The maximum atomic E-state index is 11.3. The Morgan fingerprint density at radius 1 is 1.11 bits per heavy atom. The van der Waals surface area contributed by atoms with Gasteiger partial charge in [0.1, 0.15) is 5.75 Å². The number of benzene rings is 2. The number of rotatable bonds is 4. The van der Waals surface area contributed by atoms with E-state index in [0.717, 1.165) is 25.0 Å². The van der Waals surface area contributed by atoms with E-state index in [4.69, 9.17) is 39.5 Å². The number of carbonyl (C=O) groups excluding carboxylic acids is 1. The summed E-state index contributed by atoms with van der Waals surface area (Å²) in [5, 5.41) is 13.6. The number of ether oxygens (including phenoxy) is 1. The summed E-state index contributed by atoms with van der Waals surface area (Å²) in [7, 11) is -0.0244. The molecule has 0 aliphatic heterocycles. The van der Waals surface area contributed by atoms with Gasteiger partial charge in [0.15, 0.2) is 0 Å². The lowest BCUT2D eigenvalue weighted by molar-refractivity contribution is 0.176. The molecule has 0 aliphatic carbocycles. The van der Waals surface area contributed by atoms with Crippen LogP contribution in [0.2, 0.25) is 0 Å². The highest BCUT2D eigenvalue weighted by Crippen LogP contribution is 2.57. The zero-order valence-corrected chi connectivity index (χ0v) is 17.9. The summed E-state index contributed by atoms with van der Waals surface area (Å²) >= 11 is 15.8. The van der Waals surface area contributed by atoms with Crippen molar-refractivity contribution in [3.63, 3.8) is 0 Å². The molecule has 2 N–H and O–H groups in total. The van der Waals surface area contributed by atoms with Crippen LogP contribution in [0.4, 0.5) is 4.79 Å². The minimum absolute atomic E-state index is 0.452. The molecule has 0 aromatic heterocycles. The molecule has 2 aromatic carbocycles. The van der Waals surface area contributed by atoms with Gasteiger partial charge in [-0.25, -0.2) is 4.79 Å². The molecular weight excluding hydrogens is 440 g/mol. The predicted molar refractivity (Wildman–Crippen MR) is 107 cm³/mol. The van der Waals surface area contributed by atoms with E-state index in [9.17, 15) is 14.5 Å². The summed E-state index contributed by atoms with van der Waals surface area (Å²) < 4.78 is 23.2. The quantitative estimate of drug-likeness (QED) is 0.509. The SMILES string of the molecule is CNC(=O)Oc1cccc2ccccc12.COP(=O)(OC)C(O)C(Cl)(Cl)Cl. The van der Waals surface area contributed by atoms with E-state index in [1.54, 1.807) is 6.07 Å². The molecule has 2 rings (SSSR count). The molecule has 0 heterocycles. The van der Waals surface area contributed by atoms with Crippen LogP contribution in [0.15, 0.2) is 42.5 Å². The van der Waals surface area contributed by atoms with E-state index in [-0.39, 0.29) is 0 Å². The molecular formula is C16H19Cl3NO6P. The van der Waals surface area contributed by atoms with Crippen LogP contribution in [-0.4, -0.2) is 42.1 Å². The molecule has 11 heteroatoms. The molecule has 0 radical (unpaired) electrons. The number of alkyl halides is 3. The molecule has 1 atom stereocenters. The van der Waals surface area contributed by atoms with Gasteiger partial charge in [0.05, 0.1) is 0 Å². The van der Waals surface area contributed by atoms with Crippen molar-refractivity contribution in [1.29, 1.82) is 0 Å². The van der Waals surface area contributed by atoms with Crippen LogP contribution in [0.5, 0.6) is 5.75 Å². The lowest BCUT2D eigenvalue weighted by Crippen LogP contribution is -2.26. The molecule has 1 unspecified atom stereocenters. The van der Waals surface area contributed by atoms with Crippen LogP contribution in [0.25, 0.3) is 10.8 Å². The van der Waals surface area contributed by atoms with Crippen LogP contribution in [-0.2, 0) is 13.6 Å². The number of fused-ring (bicyclic) bond motifs is 1. The lowest BCUT2D eigenvalue weighted by atomic mass is 10.1. The van der Waals surface area contributed by atoms with Crippen LogP contribution in [0.1, 0.15) is 0 Å². The van der Waals surface area contributed by atoms with Gasteiger partial charge in [-0.05, 0) is 11.5 Å². The summed E-state index contributed by atoms with van der Waals surface area (Å²) in [5.74, 6) is -1.22. The van der Waals surface area contributed by atoms with Crippen molar-refractivity contribution in [3.05, 3.63) is 42.5 Å². The van der Waals surface area contributed by atoms with Gasteiger partial charge in [0.25, 0.3) is 0 Å². The van der Waals surface area contributed by atoms with Crippen LogP contribution < -0.4 is 10.1 Å². The topological polar surface area (TPSA) is 94.1 Å². The highest BCUT2D eigenvalue weighted by molar-refractivity contribution is 7.54. The van der Waals surface area contributed by atoms with Gasteiger partial charge in [0.2, 0.25) is 9.64 Å². The van der Waals surface area contributed by atoms with E-state index in [2.05, 4.69) is 14.4 Å². The maximum absolute atomic E-state index is 11.3. The first-order valence-corrected chi connectivity index (χ1v) is 10.2. The van der Waals surface area contributed by atoms with Gasteiger partial charge in [-0.2, -0.15) is 0 Å². The normalized spacial score (nSPS) is 12.7. The minimum Gasteiger partial charge on any atom is -0.410 e. The number of aliphatic hydroxyl groups excluding tert-OH is 1. The van der Waals surface area contributed by atoms with Crippen molar-refractivity contribution in [3.8, 4) is 5.75 Å². The number of nitrogens with one attached hydrogen (secondary N) is 1. The van der Waals surface area contributed by atoms with Gasteiger partial charge in [-0.1, -0.05) is 71.2 Å². The van der Waals surface area contributed by atoms with Crippen molar-refractivity contribution >= 4 is 59.3 Å². The summed E-state index contributed by atoms with van der Waals surface area (Å²) in [6.45, 7) is 0. The van der Waals surface area contributed by atoms with E-state index in [1.807, 2.05) is 36.4 Å². The van der Waals surface area contributed by atoms with E-state index in [1.165, 1.54) is 7.05 Å². The van der Waals surface area contributed by atoms with Gasteiger partial charge in [-0.15, -0.1) is 0 Å². The Labute approximate surface area is 172 Å². The fraction of sp³-hybridized carbons (Fsp3) is 0.312. The molecule has 0 spiro atoms. The Balaban J connectivity index is 0.000000279. The predicted octanol–water partition coefficient (Wildman–Crippen LogP) is 4.72. The number of aliphatic hydroxyl groups is 1. The van der Waals surface area contributed by atoms with Crippen LogP contribution in [0, 0.1) is 0 Å². The average molecular weight is 459 g/mol. The largest absolute Gasteiger partial charge is 0.412 e. The Hall–Kier alpha value is -1.05. The van der Waals surface area contributed by atoms with Crippen molar-refractivity contribution in [2.45, 2.75) is 9.64 Å². The van der Waals surface area contributed by atoms with E-state index in [0.29, 0.717) is 5.75 Å². The lowest BCUT2D eigenvalue weighted by Gasteiger charge is -2.24. The van der Waals surface area contributed by atoms with Gasteiger partial charge < -0.3 is 24.2 Å². The van der Waals surface area contributed by atoms with Crippen molar-refractivity contribution in [2.75, 3.05) is 21.3 Å². The summed E-state index contributed by atoms with van der Waals surface area (Å²) in [6.07, 6.45) is -0.452. The first kappa shape index (κ1) is 24.0. The molecule has 0 saturated heterocycles. The fourth-order valence-corrected chi connectivity index (χ4v) is 3.87. The molecule has 1 amide bonds. The van der Waals surface area contributed by atoms with Gasteiger partial charge in [0, 0.05) is 26.7 Å². The number of carbonyl (C=O) groups is 1. The number of amides is 1. The molecule has 7 nitrogen and oxygen atoms in total. The van der Waals surface area contributed by atoms with Crippen molar-refractivity contribution < 1.29 is 28.3 Å². The highest BCUT2D eigenvalue weighted by Gasteiger charge is 2.46. The molecule has 0 bridgehead atoms.